The second-order valence-electron chi connectivity index (χ2n) is 4.05. The van der Waals surface area contributed by atoms with Gasteiger partial charge in [-0.2, -0.15) is 0 Å². The summed E-state index contributed by atoms with van der Waals surface area (Å²) in [6.07, 6.45) is 2.01. The molecule has 0 aromatic carbocycles. The van der Waals surface area contributed by atoms with Crippen LogP contribution in [-0.4, -0.2) is 48.0 Å². The van der Waals surface area contributed by atoms with Crippen molar-refractivity contribution in [1.82, 2.24) is 4.90 Å². The first-order valence-electron chi connectivity index (χ1n) is 5.90. The number of aliphatic imine (C=N–C) groups is 1. The lowest BCUT2D eigenvalue weighted by Crippen LogP contribution is -2.41. The van der Waals surface area contributed by atoms with Crippen molar-refractivity contribution in [2.24, 2.45) is 10.9 Å². The topological polar surface area (TPSA) is 41.9 Å². The van der Waals surface area contributed by atoms with Gasteiger partial charge in [-0.3, -0.25) is 9.79 Å². The lowest BCUT2D eigenvalue weighted by molar-refractivity contribution is -0.149. The molecule has 0 radical (unpaired) electrons. The number of ether oxygens (including phenoxy) is 1. The minimum Gasteiger partial charge on any atom is -0.466 e. The number of nitrogens with zero attached hydrogens (tertiary/aromatic N) is 2. The lowest BCUT2D eigenvalue weighted by Gasteiger charge is -2.32. The van der Waals surface area contributed by atoms with Gasteiger partial charge in [0, 0.05) is 18.8 Å². The van der Waals surface area contributed by atoms with Crippen molar-refractivity contribution in [3.8, 4) is 0 Å². The Kier molecular flexibility index (Phi) is 4.09. The zero-order valence-corrected chi connectivity index (χ0v) is 10.5. The third-order valence-corrected chi connectivity index (χ3v) is 3.91. The van der Waals surface area contributed by atoms with Crippen LogP contribution >= 0.6 is 11.8 Å². The number of rotatable bonds is 2. The van der Waals surface area contributed by atoms with Gasteiger partial charge in [-0.15, -0.1) is 0 Å². The van der Waals surface area contributed by atoms with Crippen molar-refractivity contribution in [3.63, 3.8) is 0 Å². The fourth-order valence-electron chi connectivity index (χ4n) is 2.12. The van der Waals surface area contributed by atoms with Gasteiger partial charge < -0.3 is 9.64 Å². The SMILES string of the molecule is CCOC(=O)C1CCCN(C2=NCCS2)C1. The molecule has 5 heteroatoms. The first-order chi connectivity index (χ1) is 7.81. The Hall–Kier alpha value is -0.710. The molecule has 0 amide bonds. The summed E-state index contributed by atoms with van der Waals surface area (Å²) in [4.78, 5) is 18.4. The molecule has 0 aromatic heterocycles. The van der Waals surface area contributed by atoms with Crippen molar-refractivity contribution in [3.05, 3.63) is 0 Å². The summed E-state index contributed by atoms with van der Waals surface area (Å²) in [6, 6.07) is 0. The number of piperidine rings is 1. The van der Waals surface area contributed by atoms with Gasteiger partial charge in [0.15, 0.2) is 5.17 Å². The third kappa shape index (κ3) is 2.70. The van der Waals surface area contributed by atoms with E-state index >= 15 is 0 Å². The van der Waals surface area contributed by atoms with Gasteiger partial charge in [-0.25, -0.2) is 0 Å². The molecular formula is C11H18N2O2S. The van der Waals surface area contributed by atoms with E-state index in [9.17, 15) is 4.79 Å². The Bertz CT molecular complexity index is 294. The van der Waals surface area contributed by atoms with E-state index in [2.05, 4.69) is 9.89 Å². The van der Waals surface area contributed by atoms with Crippen LogP contribution in [0.2, 0.25) is 0 Å². The minimum atomic E-state index is -0.0456. The van der Waals surface area contributed by atoms with Crippen molar-refractivity contribution < 1.29 is 9.53 Å². The number of carbonyl (C=O) groups excluding carboxylic acids is 1. The fourth-order valence-corrected chi connectivity index (χ4v) is 3.01. The molecule has 2 rings (SSSR count). The molecule has 0 bridgehead atoms. The summed E-state index contributed by atoms with van der Waals surface area (Å²) in [6.45, 7) is 5.06. The highest BCUT2D eigenvalue weighted by atomic mass is 32.2. The number of carbonyl (C=O) groups is 1. The maximum atomic E-state index is 11.7. The molecule has 1 fully saturated rings. The van der Waals surface area contributed by atoms with Crippen LogP contribution in [-0.2, 0) is 9.53 Å². The first kappa shape index (κ1) is 11.8. The van der Waals surface area contributed by atoms with Gasteiger partial charge in [-0.1, -0.05) is 11.8 Å². The lowest BCUT2D eigenvalue weighted by atomic mass is 9.99. The maximum Gasteiger partial charge on any atom is 0.310 e. The highest BCUT2D eigenvalue weighted by molar-refractivity contribution is 8.14. The largest absolute Gasteiger partial charge is 0.466 e. The molecule has 4 nitrogen and oxygen atoms in total. The van der Waals surface area contributed by atoms with E-state index in [-0.39, 0.29) is 11.9 Å². The predicted octanol–water partition coefficient (Wildman–Crippen LogP) is 1.36. The zero-order chi connectivity index (χ0) is 11.4. The van der Waals surface area contributed by atoms with Crippen LogP contribution in [0, 0.1) is 5.92 Å². The molecule has 0 aliphatic carbocycles. The molecule has 1 atom stereocenters. The molecule has 1 saturated heterocycles. The number of hydrogen-bond donors (Lipinski definition) is 0. The van der Waals surface area contributed by atoms with Gasteiger partial charge >= 0.3 is 5.97 Å². The van der Waals surface area contributed by atoms with Crippen molar-refractivity contribution >= 4 is 22.9 Å². The van der Waals surface area contributed by atoms with Crippen LogP contribution in [0.1, 0.15) is 19.8 Å². The third-order valence-electron chi connectivity index (χ3n) is 2.88. The Balaban J connectivity index is 1.90. The van der Waals surface area contributed by atoms with Crippen LogP contribution in [0.25, 0.3) is 0 Å². The summed E-state index contributed by atoms with van der Waals surface area (Å²) in [5, 5.41) is 1.12. The Labute approximate surface area is 100 Å². The number of likely N-dealkylation sites (tertiary alicyclic amines) is 1. The Morgan fingerprint density at radius 1 is 1.69 bits per heavy atom. The molecule has 1 unspecified atom stereocenters. The number of hydrogen-bond acceptors (Lipinski definition) is 5. The predicted molar refractivity (Wildman–Crippen MR) is 65.7 cm³/mol. The summed E-state index contributed by atoms with van der Waals surface area (Å²) in [5.74, 6) is 1.07. The fraction of sp³-hybridized carbons (Fsp3) is 0.818. The van der Waals surface area contributed by atoms with E-state index in [4.69, 9.17) is 4.74 Å². The normalized spacial score (nSPS) is 25.4. The van der Waals surface area contributed by atoms with E-state index in [0.717, 1.165) is 43.4 Å². The molecular weight excluding hydrogens is 224 g/mol. The highest BCUT2D eigenvalue weighted by Gasteiger charge is 2.29. The van der Waals surface area contributed by atoms with Crippen LogP contribution in [0.3, 0.4) is 0 Å². The van der Waals surface area contributed by atoms with E-state index in [1.807, 2.05) is 6.92 Å². The number of amidine groups is 1. The summed E-state index contributed by atoms with van der Waals surface area (Å²) >= 11 is 1.80. The number of thioether (sulfide) groups is 1. The Morgan fingerprint density at radius 2 is 2.56 bits per heavy atom. The molecule has 0 N–H and O–H groups in total. The van der Waals surface area contributed by atoms with Crippen molar-refractivity contribution in [1.29, 1.82) is 0 Å². The van der Waals surface area contributed by atoms with E-state index in [1.165, 1.54) is 0 Å². The standard InChI is InChI=1S/C11H18N2O2S/c1-2-15-10(14)9-4-3-6-13(8-9)11-12-5-7-16-11/h9H,2-8H2,1H3. The molecule has 90 valence electrons. The second-order valence-corrected chi connectivity index (χ2v) is 5.11. The van der Waals surface area contributed by atoms with Crippen LogP contribution in [0.4, 0.5) is 0 Å². The van der Waals surface area contributed by atoms with Gasteiger partial charge in [-0.05, 0) is 19.8 Å². The zero-order valence-electron chi connectivity index (χ0n) is 9.65. The van der Waals surface area contributed by atoms with Crippen LogP contribution < -0.4 is 0 Å². The molecule has 2 heterocycles. The van der Waals surface area contributed by atoms with E-state index in [1.54, 1.807) is 11.8 Å². The minimum absolute atomic E-state index is 0.0394. The maximum absolute atomic E-state index is 11.7. The van der Waals surface area contributed by atoms with Crippen LogP contribution in [0.5, 0.6) is 0 Å². The first-order valence-corrected chi connectivity index (χ1v) is 6.88. The van der Waals surface area contributed by atoms with Crippen molar-refractivity contribution in [2.75, 3.05) is 32.0 Å². The molecule has 0 spiro atoms. The van der Waals surface area contributed by atoms with Crippen molar-refractivity contribution in [2.45, 2.75) is 19.8 Å². The molecule has 2 aliphatic heterocycles. The quantitative estimate of drug-likeness (QED) is 0.686. The van der Waals surface area contributed by atoms with E-state index < -0.39 is 0 Å². The molecule has 16 heavy (non-hydrogen) atoms. The second kappa shape index (κ2) is 5.57. The molecule has 0 aromatic rings. The summed E-state index contributed by atoms with van der Waals surface area (Å²) in [5.41, 5.74) is 0. The number of esters is 1. The van der Waals surface area contributed by atoms with Gasteiger partial charge in [0.1, 0.15) is 0 Å². The molecule has 2 aliphatic rings. The van der Waals surface area contributed by atoms with Gasteiger partial charge in [0.25, 0.3) is 0 Å². The van der Waals surface area contributed by atoms with E-state index in [0.29, 0.717) is 6.61 Å². The van der Waals surface area contributed by atoms with Crippen LogP contribution in [0.15, 0.2) is 4.99 Å². The highest BCUT2D eigenvalue weighted by Crippen LogP contribution is 2.23. The monoisotopic (exact) mass is 242 g/mol. The summed E-state index contributed by atoms with van der Waals surface area (Å²) < 4.78 is 5.08. The summed E-state index contributed by atoms with van der Waals surface area (Å²) in [7, 11) is 0. The average molecular weight is 242 g/mol. The smallest absolute Gasteiger partial charge is 0.310 e. The Morgan fingerprint density at radius 3 is 3.25 bits per heavy atom. The molecule has 0 saturated carbocycles. The van der Waals surface area contributed by atoms with Gasteiger partial charge in [0.2, 0.25) is 0 Å². The van der Waals surface area contributed by atoms with Gasteiger partial charge in [0.05, 0.1) is 19.1 Å². The average Bonchev–Trinajstić information content (AvgIpc) is 2.83.